The molecule has 0 atom stereocenters. The van der Waals surface area contributed by atoms with Gasteiger partial charge in [-0.3, -0.25) is 0 Å². The van der Waals surface area contributed by atoms with Gasteiger partial charge in [0.2, 0.25) is 0 Å². The molecule has 0 fully saturated rings. The van der Waals surface area contributed by atoms with Crippen LogP contribution in [0.4, 0.5) is 52.7 Å². The number of rotatable bonds is 6. The van der Waals surface area contributed by atoms with E-state index in [0.29, 0.717) is 0 Å². The van der Waals surface area contributed by atoms with Gasteiger partial charge in [-0.2, -0.15) is 52.7 Å². The average Bonchev–Trinajstić information content (AvgIpc) is 2.30. The largest absolute Gasteiger partial charge is 0.460 e. The first-order valence-electron chi connectivity index (χ1n) is 4.71. The van der Waals surface area contributed by atoms with Crippen molar-refractivity contribution in [3.05, 3.63) is 12.0 Å². The van der Waals surface area contributed by atoms with Crippen molar-refractivity contribution in [2.75, 3.05) is 13.2 Å². The third-order valence-electron chi connectivity index (χ3n) is 1.74. The molecular formula is C8H4F12O2. The Bertz CT molecular complexity index is 368. The lowest BCUT2D eigenvalue weighted by Gasteiger charge is -2.20. The maximum atomic E-state index is 12.5. The van der Waals surface area contributed by atoms with Crippen LogP contribution in [0, 0.1) is 0 Å². The Morgan fingerprint density at radius 2 is 0.773 bits per heavy atom. The second-order valence-corrected chi connectivity index (χ2v) is 3.53. The molecule has 0 aliphatic heterocycles. The summed E-state index contributed by atoms with van der Waals surface area (Å²) in [5, 5.41) is 0. The van der Waals surface area contributed by atoms with Gasteiger partial charge in [0.1, 0.15) is 0 Å². The number of hydrogen-bond donors (Lipinski definition) is 0. The molecule has 0 amide bonds. The lowest BCUT2D eigenvalue weighted by molar-refractivity contribution is -0.298. The van der Waals surface area contributed by atoms with E-state index >= 15 is 0 Å². The minimum atomic E-state index is -6.19. The van der Waals surface area contributed by atoms with Crippen LogP contribution in [-0.4, -0.2) is 37.4 Å². The fourth-order valence-corrected chi connectivity index (χ4v) is 0.585. The molecule has 0 bridgehead atoms. The van der Waals surface area contributed by atoms with Gasteiger partial charge in [0.25, 0.3) is 0 Å². The number of halogens is 12. The number of hydrogen-bond acceptors (Lipinski definition) is 2. The van der Waals surface area contributed by atoms with E-state index in [9.17, 15) is 52.7 Å². The molecule has 2 nitrogen and oxygen atoms in total. The summed E-state index contributed by atoms with van der Waals surface area (Å²) in [4.78, 5) is 0. The van der Waals surface area contributed by atoms with Crippen molar-refractivity contribution in [2.45, 2.75) is 24.2 Å². The smallest absolute Gasteiger partial charge is 0.456 e. The van der Waals surface area contributed by atoms with Gasteiger partial charge in [0.05, 0.1) is 0 Å². The highest BCUT2D eigenvalue weighted by Crippen LogP contribution is 2.37. The first-order valence-corrected chi connectivity index (χ1v) is 4.71. The molecule has 0 spiro atoms. The molecule has 0 N–H and O–H groups in total. The van der Waals surface area contributed by atoms with Crippen LogP contribution in [-0.2, 0) is 9.47 Å². The van der Waals surface area contributed by atoms with Crippen LogP contribution >= 0.6 is 0 Å². The Morgan fingerprint density at radius 1 is 0.545 bits per heavy atom. The molecule has 0 heterocycles. The van der Waals surface area contributed by atoms with E-state index in [-0.39, 0.29) is 0 Å². The summed E-state index contributed by atoms with van der Waals surface area (Å²) in [6.45, 7) is -5.57. The van der Waals surface area contributed by atoms with E-state index in [1.165, 1.54) is 0 Å². The minimum absolute atomic E-state index is 2.78. The van der Waals surface area contributed by atoms with Gasteiger partial charge in [-0.05, 0) is 0 Å². The molecule has 0 aliphatic rings. The number of alkyl halides is 10. The summed E-state index contributed by atoms with van der Waals surface area (Å²) in [5.41, 5.74) is 0. The van der Waals surface area contributed by atoms with Crippen molar-refractivity contribution >= 4 is 0 Å². The van der Waals surface area contributed by atoms with Gasteiger partial charge in [-0.1, -0.05) is 0 Å². The quantitative estimate of drug-likeness (QED) is 0.514. The molecular weight excluding hydrogens is 356 g/mol. The van der Waals surface area contributed by atoms with Crippen molar-refractivity contribution in [3.8, 4) is 0 Å². The summed E-state index contributed by atoms with van der Waals surface area (Å²) < 4.78 is 149. The Hall–Kier alpha value is -1.50. The number of ether oxygens (including phenoxy) is 2. The Balaban J connectivity index is 4.71. The fraction of sp³-hybridized carbons (Fsp3) is 0.750. The molecule has 22 heavy (non-hydrogen) atoms. The van der Waals surface area contributed by atoms with E-state index in [2.05, 4.69) is 9.47 Å². The fourth-order valence-electron chi connectivity index (χ4n) is 0.585. The first kappa shape index (κ1) is 20.5. The monoisotopic (exact) mass is 360 g/mol. The van der Waals surface area contributed by atoms with Crippen molar-refractivity contribution in [3.63, 3.8) is 0 Å². The Kier molecular flexibility index (Phi) is 5.89. The SMILES string of the molecule is FC(OCC(F)(F)C(F)(F)F)=C(F)OCC(F)(F)C(F)(F)F. The van der Waals surface area contributed by atoms with Crippen LogP contribution in [0.1, 0.15) is 0 Å². The molecule has 0 unspecified atom stereocenters. The highest BCUT2D eigenvalue weighted by atomic mass is 19.4. The van der Waals surface area contributed by atoms with Gasteiger partial charge >= 0.3 is 36.2 Å². The second kappa shape index (κ2) is 6.32. The van der Waals surface area contributed by atoms with E-state index < -0.39 is 49.4 Å². The predicted molar refractivity (Wildman–Crippen MR) is 43.2 cm³/mol. The molecule has 0 radical (unpaired) electrons. The molecule has 14 heteroatoms. The highest BCUT2D eigenvalue weighted by Gasteiger charge is 2.59. The Labute approximate surface area is 113 Å². The molecule has 0 aromatic rings. The third-order valence-corrected chi connectivity index (χ3v) is 1.74. The van der Waals surface area contributed by atoms with E-state index in [1.54, 1.807) is 0 Å². The standard InChI is InChI=1S/C8H4F12O2/c9-3(21-1-5(11,12)7(15,16)17)4(10)22-2-6(13,14)8(18,19)20/h1-2H2. The van der Waals surface area contributed by atoms with Crippen LogP contribution in [0.25, 0.3) is 0 Å². The molecule has 0 rings (SSSR count). The van der Waals surface area contributed by atoms with Crippen molar-refractivity contribution < 1.29 is 62.2 Å². The van der Waals surface area contributed by atoms with Gasteiger partial charge in [-0.25, -0.2) is 0 Å². The van der Waals surface area contributed by atoms with E-state index in [0.717, 1.165) is 0 Å². The summed E-state index contributed by atoms with van der Waals surface area (Å²) in [5.74, 6) is -11.2. The van der Waals surface area contributed by atoms with Crippen LogP contribution in [0.2, 0.25) is 0 Å². The van der Waals surface area contributed by atoms with E-state index in [4.69, 9.17) is 0 Å². The molecule has 0 saturated heterocycles. The third kappa shape index (κ3) is 5.36. The summed E-state index contributed by atoms with van der Waals surface area (Å²) in [7, 11) is 0. The zero-order valence-electron chi connectivity index (χ0n) is 9.77. The minimum Gasteiger partial charge on any atom is -0.460 e. The van der Waals surface area contributed by atoms with Crippen LogP contribution < -0.4 is 0 Å². The lowest BCUT2D eigenvalue weighted by atomic mass is 10.3. The topological polar surface area (TPSA) is 18.5 Å². The van der Waals surface area contributed by atoms with Gasteiger partial charge < -0.3 is 9.47 Å². The summed E-state index contributed by atoms with van der Waals surface area (Å²) in [6.07, 6.45) is -12.4. The Morgan fingerprint density at radius 3 is 0.955 bits per heavy atom. The lowest BCUT2D eigenvalue weighted by Crippen LogP contribution is -2.41. The zero-order valence-corrected chi connectivity index (χ0v) is 9.77. The van der Waals surface area contributed by atoms with Crippen LogP contribution in [0.15, 0.2) is 12.0 Å². The maximum Gasteiger partial charge on any atom is 0.456 e. The second-order valence-electron chi connectivity index (χ2n) is 3.53. The molecule has 0 saturated carbocycles. The van der Waals surface area contributed by atoms with Crippen molar-refractivity contribution in [1.29, 1.82) is 0 Å². The normalized spacial score (nSPS) is 15.5. The summed E-state index contributed by atoms with van der Waals surface area (Å²) in [6, 6.07) is -5.91. The van der Waals surface area contributed by atoms with E-state index in [1.807, 2.05) is 0 Å². The predicted octanol–water partition coefficient (Wildman–Crippen LogP) is 4.48. The molecule has 0 aromatic carbocycles. The summed E-state index contributed by atoms with van der Waals surface area (Å²) >= 11 is 0. The zero-order chi connectivity index (χ0) is 18.0. The molecule has 132 valence electrons. The van der Waals surface area contributed by atoms with Gasteiger partial charge in [-0.15, -0.1) is 0 Å². The average molecular weight is 360 g/mol. The molecule has 0 aliphatic carbocycles. The highest BCUT2D eigenvalue weighted by molar-refractivity contribution is 4.87. The van der Waals surface area contributed by atoms with Crippen LogP contribution in [0.3, 0.4) is 0 Å². The van der Waals surface area contributed by atoms with Crippen LogP contribution in [0.5, 0.6) is 0 Å². The van der Waals surface area contributed by atoms with Gasteiger partial charge in [0.15, 0.2) is 13.2 Å². The first-order chi connectivity index (χ1) is 9.51. The van der Waals surface area contributed by atoms with Crippen molar-refractivity contribution in [2.24, 2.45) is 0 Å². The maximum absolute atomic E-state index is 12.5. The molecule has 0 aromatic heterocycles. The van der Waals surface area contributed by atoms with Gasteiger partial charge in [0, 0.05) is 0 Å². The van der Waals surface area contributed by atoms with Crippen molar-refractivity contribution in [1.82, 2.24) is 0 Å².